The lowest BCUT2D eigenvalue weighted by Crippen LogP contribution is -2.48. The average Bonchev–Trinajstić information content (AvgIpc) is 2.74. The minimum absolute atomic E-state index is 0. The molecule has 1 aliphatic carbocycles. The molecule has 164 valence electrons. The van der Waals surface area contributed by atoms with Crippen LogP contribution in [0, 0.1) is 11.8 Å². The van der Waals surface area contributed by atoms with E-state index in [9.17, 15) is 4.79 Å². The SMILES string of the molecule is CCOCC1CCCN(C[C@@H]2CCCC[C@H]2NC(=O)c2ccc(CN)cc2)C1.Cl. The van der Waals surface area contributed by atoms with E-state index < -0.39 is 0 Å². The molecule has 0 aromatic heterocycles. The minimum Gasteiger partial charge on any atom is -0.381 e. The molecule has 0 bridgehead atoms. The van der Waals surface area contributed by atoms with Crippen LogP contribution < -0.4 is 11.1 Å². The van der Waals surface area contributed by atoms with E-state index in [1.807, 2.05) is 24.3 Å². The number of carbonyl (C=O) groups is 1. The van der Waals surface area contributed by atoms with Crippen LogP contribution in [0.5, 0.6) is 0 Å². The zero-order valence-electron chi connectivity index (χ0n) is 17.8. The second-order valence-corrected chi connectivity index (χ2v) is 8.45. The number of piperidine rings is 1. The van der Waals surface area contributed by atoms with Gasteiger partial charge in [-0.1, -0.05) is 25.0 Å². The second kappa shape index (κ2) is 12.5. The number of benzene rings is 1. The minimum atomic E-state index is 0. The number of nitrogens with two attached hydrogens (primary N) is 1. The topological polar surface area (TPSA) is 67.6 Å². The summed E-state index contributed by atoms with van der Waals surface area (Å²) in [4.78, 5) is 15.4. The highest BCUT2D eigenvalue weighted by Gasteiger charge is 2.30. The molecule has 5 nitrogen and oxygen atoms in total. The largest absolute Gasteiger partial charge is 0.381 e. The first-order valence-electron chi connectivity index (χ1n) is 11.1. The molecule has 2 aliphatic rings. The highest BCUT2D eigenvalue weighted by atomic mass is 35.5. The summed E-state index contributed by atoms with van der Waals surface area (Å²) in [6.07, 6.45) is 7.32. The Kier molecular flexibility index (Phi) is 10.4. The van der Waals surface area contributed by atoms with Crippen LogP contribution in [-0.2, 0) is 11.3 Å². The number of hydrogen-bond donors (Lipinski definition) is 2. The number of nitrogens with one attached hydrogen (secondary N) is 1. The molecule has 3 N–H and O–H groups in total. The van der Waals surface area contributed by atoms with Crippen molar-refractivity contribution in [1.82, 2.24) is 10.2 Å². The number of nitrogens with zero attached hydrogens (tertiary/aromatic N) is 1. The molecular weight excluding hydrogens is 386 g/mol. The van der Waals surface area contributed by atoms with E-state index in [1.165, 1.54) is 38.6 Å². The fourth-order valence-electron chi connectivity index (χ4n) is 4.73. The highest BCUT2D eigenvalue weighted by Crippen LogP contribution is 2.27. The first-order chi connectivity index (χ1) is 13.7. The van der Waals surface area contributed by atoms with Crippen LogP contribution in [0.1, 0.15) is 61.4 Å². The van der Waals surface area contributed by atoms with Gasteiger partial charge >= 0.3 is 0 Å². The van der Waals surface area contributed by atoms with Gasteiger partial charge in [-0.05, 0) is 68.7 Å². The number of rotatable bonds is 8. The smallest absolute Gasteiger partial charge is 0.251 e. The first kappa shape index (κ1) is 24.1. The van der Waals surface area contributed by atoms with Gasteiger partial charge in [0.05, 0.1) is 6.61 Å². The van der Waals surface area contributed by atoms with E-state index in [4.69, 9.17) is 10.5 Å². The van der Waals surface area contributed by atoms with Crippen molar-refractivity contribution in [3.8, 4) is 0 Å². The standard InChI is InChI=1S/C23H37N3O2.ClH/c1-2-28-17-19-6-5-13-26(15-19)16-21-7-3-4-8-22(21)25-23(27)20-11-9-18(14-24)10-12-20;/h9-12,19,21-22H,2-8,13-17,24H2,1H3,(H,25,27);1H/t19?,21-,22+;/m0./s1. The maximum absolute atomic E-state index is 12.7. The van der Waals surface area contributed by atoms with Crippen LogP contribution in [0.25, 0.3) is 0 Å². The van der Waals surface area contributed by atoms with Gasteiger partial charge in [-0.2, -0.15) is 0 Å². The Bertz CT molecular complexity index is 611. The summed E-state index contributed by atoms with van der Waals surface area (Å²) in [5, 5.41) is 3.34. The predicted molar refractivity (Wildman–Crippen MR) is 120 cm³/mol. The van der Waals surface area contributed by atoms with Crippen molar-refractivity contribution in [2.24, 2.45) is 17.6 Å². The summed E-state index contributed by atoms with van der Waals surface area (Å²) in [6, 6.07) is 7.94. The maximum atomic E-state index is 12.7. The number of hydrogen-bond acceptors (Lipinski definition) is 4. The lowest BCUT2D eigenvalue weighted by atomic mass is 9.83. The van der Waals surface area contributed by atoms with Gasteiger partial charge in [0.2, 0.25) is 0 Å². The zero-order chi connectivity index (χ0) is 19.8. The second-order valence-electron chi connectivity index (χ2n) is 8.45. The molecule has 1 aliphatic heterocycles. The monoisotopic (exact) mass is 423 g/mol. The lowest BCUT2D eigenvalue weighted by Gasteiger charge is -2.39. The van der Waals surface area contributed by atoms with Crippen molar-refractivity contribution in [1.29, 1.82) is 0 Å². The van der Waals surface area contributed by atoms with Gasteiger partial charge in [-0.15, -0.1) is 12.4 Å². The van der Waals surface area contributed by atoms with Crippen LogP contribution in [0.15, 0.2) is 24.3 Å². The van der Waals surface area contributed by atoms with Gasteiger partial charge in [0.15, 0.2) is 0 Å². The molecule has 1 saturated carbocycles. The molecule has 1 heterocycles. The van der Waals surface area contributed by atoms with Crippen LogP contribution in [0.3, 0.4) is 0 Å². The van der Waals surface area contributed by atoms with Crippen molar-refractivity contribution in [2.75, 3.05) is 32.8 Å². The van der Waals surface area contributed by atoms with E-state index in [0.29, 0.717) is 18.4 Å². The summed E-state index contributed by atoms with van der Waals surface area (Å²) in [6.45, 7) is 7.68. The Morgan fingerprint density at radius 2 is 1.93 bits per heavy atom. The molecule has 1 aromatic carbocycles. The van der Waals surface area contributed by atoms with Crippen LogP contribution in [-0.4, -0.2) is 49.7 Å². The third kappa shape index (κ3) is 7.25. The molecule has 6 heteroatoms. The Morgan fingerprint density at radius 3 is 2.66 bits per heavy atom. The Hall–Kier alpha value is -1.14. The van der Waals surface area contributed by atoms with Crippen molar-refractivity contribution < 1.29 is 9.53 Å². The van der Waals surface area contributed by atoms with Crippen LogP contribution in [0.4, 0.5) is 0 Å². The average molecular weight is 424 g/mol. The Balaban J connectivity index is 0.00000300. The fraction of sp³-hybridized carbons (Fsp3) is 0.696. The van der Waals surface area contributed by atoms with Crippen molar-refractivity contribution in [3.05, 3.63) is 35.4 Å². The predicted octanol–water partition coefficient (Wildman–Crippen LogP) is 3.60. The van der Waals surface area contributed by atoms with Gasteiger partial charge in [0.25, 0.3) is 5.91 Å². The van der Waals surface area contributed by atoms with E-state index in [2.05, 4.69) is 17.1 Å². The molecule has 1 unspecified atom stereocenters. The third-order valence-corrected chi connectivity index (χ3v) is 6.33. The van der Waals surface area contributed by atoms with Gasteiger partial charge < -0.3 is 20.7 Å². The summed E-state index contributed by atoms with van der Waals surface area (Å²) in [5.41, 5.74) is 7.44. The highest BCUT2D eigenvalue weighted by molar-refractivity contribution is 5.94. The Labute approximate surface area is 182 Å². The van der Waals surface area contributed by atoms with Crippen LogP contribution in [0.2, 0.25) is 0 Å². The number of halogens is 1. The van der Waals surface area contributed by atoms with Gasteiger partial charge in [0.1, 0.15) is 0 Å². The molecule has 1 amide bonds. The van der Waals surface area contributed by atoms with E-state index in [0.717, 1.165) is 43.9 Å². The summed E-state index contributed by atoms with van der Waals surface area (Å²) in [7, 11) is 0. The van der Waals surface area contributed by atoms with Gasteiger partial charge in [0, 0.05) is 37.8 Å². The van der Waals surface area contributed by atoms with Crippen molar-refractivity contribution in [3.63, 3.8) is 0 Å². The van der Waals surface area contributed by atoms with E-state index >= 15 is 0 Å². The molecule has 3 atom stereocenters. The van der Waals surface area contributed by atoms with E-state index in [-0.39, 0.29) is 24.4 Å². The van der Waals surface area contributed by atoms with Crippen molar-refractivity contribution >= 4 is 18.3 Å². The number of ether oxygens (including phenoxy) is 1. The molecule has 0 radical (unpaired) electrons. The number of likely N-dealkylation sites (tertiary alicyclic amines) is 1. The van der Waals surface area contributed by atoms with E-state index in [1.54, 1.807) is 0 Å². The van der Waals surface area contributed by atoms with Gasteiger partial charge in [-0.25, -0.2) is 0 Å². The fourth-order valence-corrected chi connectivity index (χ4v) is 4.73. The quantitative estimate of drug-likeness (QED) is 0.670. The molecule has 3 rings (SSSR count). The molecule has 2 fully saturated rings. The third-order valence-electron chi connectivity index (χ3n) is 6.33. The lowest BCUT2D eigenvalue weighted by molar-refractivity contribution is 0.0548. The number of carbonyl (C=O) groups excluding carboxylic acids is 1. The molecular formula is C23H38ClN3O2. The first-order valence-corrected chi connectivity index (χ1v) is 11.1. The summed E-state index contributed by atoms with van der Waals surface area (Å²) < 4.78 is 5.66. The Morgan fingerprint density at radius 1 is 1.17 bits per heavy atom. The van der Waals surface area contributed by atoms with Gasteiger partial charge in [-0.3, -0.25) is 4.79 Å². The maximum Gasteiger partial charge on any atom is 0.251 e. The molecule has 0 spiro atoms. The van der Waals surface area contributed by atoms with Crippen molar-refractivity contribution in [2.45, 2.75) is 58.0 Å². The summed E-state index contributed by atoms with van der Waals surface area (Å²) in [5.74, 6) is 1.26. The molecule has 29 heavy (non-hydrogen) atoms. The molecule has 1 aromatic rings. The summed E-state index contributed by atoms with van der Waals surface area (Å²) >= 11 is 0. The number of amides is 1. The normalized spacial score (nSPS) is 25.2. The molecule has 1 saturated heterocycles. The zero-order valence-corrected chi connectivity index (χ0v) is 18.6. The van der Waals surface area contributed by atoms with Crippen LogP contribution >= 0.6 is 12.4 Å².